The third-order valence-electron chi connectivity index (χ3n) is 11.8. The number of rotatable bonds is 10. The third-order valence-corrected chi connectivity index (χ3v) is 11.8. The molecule has 8 aromatic carbocycles. The molecule has 8 aromatic rings. The average molecular weight is 789 g/mol. The molecule has 0 radical (unpaired) electrons. The Bertz CT molecular complexity index is 2510. The van der Waals surface area contributed by atoms with E-state index in [1.165, 1.54) is 0 Å². The summed E-state index contributed by atoms with van der Waals surface area (Å²) in [5, 5.41) is 36.3. The number of hydrogen-bond acceptors (Lipinski definition) is 4. The molecule has 0 aromatic heterocycles. The molecule has 298 valence electrons. The maximum atomic E-state index is 14.9. The summed E-state index contributed by atoms with van der Waals surface area (Å²) >= 11 is 0. The monoisotopic (exact) mass is 788 g/mol. The molecule has 6 heteroatoms. The van der Waals surface area contributed by atoms with E-state index in [4.69, 9.17) is 0 Å². The molecule has 0 aliphatic carbocycles. The van der Waals surface area contributed by atoms with E-state index in [1.54, 1.807) is 0 Å². The van der Waals surface area contributed by atoms with Crippen LogP contribution in [-0.2, 0) is 20.8 Å². The number of carbonyl (C=O) groups is 2. The Hall–Kier alpha value is -6.86. The van der Waals surface area contributed by atoms with Gasteiger partial charge in [-0.1, -0.05) is 204 Å². The number of hydrogen-bond donors (Lipinski definition) is 4. The van der Waals surface area contributed by atoms with Crippen LogP contribution in [0.1, 0.15) is 67.7 Å². The van der Waals surface area contributed by atoms with Crippen LogP contribution in [0.3, 0.4) is 0 Å². The van der Waals surface area contributed by atoms with Gasteiger partial charge in [-0.3, -0.25) is 9.59 Å². The Morgan fingerprint density at radius 1 is 0.383 bits per heavy atom. The van der Waals surface area contributed by atoms with Gasteiger partial charge in [-0.25, -0.2) is 0 Å². The molecule has 60 heavy (non-hydrogen) atoms. The Kier molecular flexibility index (Phi) is 10.9. The molecule has 0 aliphatic heterocycles. The number of amides is 2. The summed E-state index contributed by atoms with van der Waals surface area (Å²) in [6.45, 7) is 7.90. The molecule has 0 saturated carbocycles. The van der Waals surface area contributed by atoms with Crippen LogP contribution in [0.4, 0.5) is 0 Å². The maximum absolute atomic E-state index is 14.9. The van der Waals surface area contributed by atoms with E-state index in [9.17, 15) is 19.8 Å². The van der Waals surface area contributed by atoms with Crippen molar-refractivity contribution >= 4 is 33.4 Å². The summed E-state index contributed by atoms with van der Waals surface area (Å²) in [6.07, 6.45) is 0. The number of carbonyl (C=O) groups excluding carboxylic acids is 2. The Morgan fingerprint density at radius 2 is 0.650 bits per heavy atom. The van der Waals surface area contributed by atoms with Gasteiger partial charge < -0.3 is 20.8 Å². The van der Waals surface area contributed by atoms with E-state index >= 15 is 0 Å². The number of fused-ring (bicyclic) bond motifs is 2. The van der Waals surface area contributed by atoms with Crippen molar-refractivity contribution in [2.75, 3.05) is 0 Å². The predicted molar refractivity (Wildman–Crippen MR) is 240 cm³/mol. The first-order valence-electron chi connectivity index (χ1n) is 20.3. The van der Waals surface area contributed by atoms with Crippen molar-refractivity contribution < 1.29 is 19.8 Å². The minimum atomic E-state index is -1.85. The van der Waals surface area contributed by atoms with Gasteiger partial charge in [0.25, 0.3) is 0 Å². The molecular formula is C54H48N2O4. The smallest absolute Gasteiger partial charge is 0.309 e. The van der Waals surface area contributed by atoms with E-state index in [2.05, 4.69) is 10.6 Å². The first kappa shape index (κ1) is 39.9. The lowest BCUT2D eigenvalue weighted by atomic mass is 9.75. The third kappa shape index (κ3) is 7.48. The van der Waals surface area contributed by atoms with Crippen LogP contribution in [0.5, 0.6) is 0 Å². The van der Waals surface area contributed by atoms with E-state index < -0.39 is 35.1 Å². The first-order chi connectivity index (χ1) is 29.0. The van der Waals surface area contributed by atoms with Crippen LogP contribution >= 0.6 is 0 Å². The summed E-state index contributed by atoms with van der Waals surface area (Å²) in [7, 11) is 0. The molecule has 4 N–H and O–H groups in total. The molecule has 8 rings (SSSR count). The molecule has 0 fully saturated rings. The van der Waals surface area contributed by atoms with Gasteiger partial charge in [-0.2, -0.15) is 0 Å². The van der Waals surface area contributed by atoms with Crippen molar-refractivity contribution in [3.63, 3.8) is 0 Å². The molecule has 0 saturated heterocycles. The van der Waals surface area contributed by atoms with Gasteiger partial charge in [-0.05, 0) is 82.6 Å². The normalized spacial score (nSPS) is 12.8. The zero-order valence-corrected chi connectivity index (χ0v) is 34.2. The molecule has 2 atom stereocenters. The lowest BCUT2D eigenvalue weighted by Crippen LogP contribution is -2.52. The van der Waals surface area contributed by atoms with Crippen molar-refractivity contribution in [1.82, 2.24) is 10.6 Å². The molecule has 0 heterocycles. The predicted octanol–water partition coefficient (Wildman–Crippen LogP) is 10.1. The van der Waals surface area contributed by atoms with Gasteiger partial charge in [0.05, 0.1) is 12.1 Å². The van der Waals surface area contributed by atoms with Gasteiger partial charge in [0.15, 0.2) is 0 Å². The molecule has 2 unspecified atom stereocenters. The second-order valence-electron chi connectivity index (χ2n) is 15.9. The lowest BCUT2D eigenvalue weighted by molar-refractivity contribution is -0.142. The molecular weight excluding hydrogens is 741 g/mol. The molecule has 2 amide bonds. The SMILES string of the molecule is Cc1ccc(C(O)(c2ccc(C)cc2)C(NC(=O)C(=O)NC(c2cccc3ccccc23)C(O)(c2ccc(C)cc2)c2ccc(C)cc2)c2cccc3ccccc23)cc1. The van der Waals surface area contributed by atoms with Gasteiger partial charge in [-0.15, -0.1) is 0 Å². The van der Waals surface area contributed by atoms with Crippen LogP contribution < -0.4 is 10.6 Å². The maximum Gasteiger partial charge on any atom is 0.309 e. The van der Waals surface area contributed by atoms with Crippen LogP contribution in [0, 0.1) is 27.7 Å². The summed E-state index contributed by atoms with van der Waals surface area (Å²) in [6, 6.07) is 55.1. The Balaban J connectivity index is 1.29. The quantitative estimate of drug-likeness (QED) is 0.104. The Labute approximate surface area is 351 Å². The van der Waals surface area contributed by atoms with E-state index in [-0.39, 0.29) is 0 Å². The minimum absolute atomic E-state index is 0.539. The average Bonchev–Trinajstić information content (AvgIpc) is 3.27. The van der Waals surface area contributed by atoms with Gasteiger partial charge in [0.1, 0.15) is 11.2 Å². The second-order valence-corrected chi connectivity index (χ2v) is 15.9. The van der Waals surface area contributed by atoms with Crippen molar-refractivity contribution in [3.8, 4) is 0 Å². The molecule has 0 aliphatic rings. The highest BCUT2D eigenvalue weighted by molar-refractivity contribution is 6.35. The van der Waals surface area contributed by atoms with Crippen LogP contribution in [-0.4, -0.2) is 22.0 Å². The van der Waals surface area contributed by atoms with Crippen molar-refractivity contribution in [3.05, 3.63) is 238 Å². The van der Waals surface area contributed by atoms with Crippen LogP contribution in [0.2, 0.25) is 0 Å². The topological polar surface area (TPSA) is 98.7 Å². The fourth-order valence-corrected chi connectivity index (χ4v) is 8.44. The molecule has 6 nitrogen and oxygen atoms in total. The van der Waals surface area contributed by atoms with E-state index in [0.29, 0.717) is 33.4 Å². The fraction of sp³-hybridized carbons (Fsp3) is 0.148. The highest BCUT2D eigenvalue weighted by atomic mass is 16.3. The molecule has 0 spiro atoms. The number of aliphatic hydroxyl groups is 2. The van der Waals surface area contributed by atoms with Crippen LogP contribution in [0.15, 0.2) is 182 Å². The van der Waals surface area contributed by atoms with Crippen molar-refractivity contribution in [1.29, 1.82) is 0 Å². The molecule has 0 bridgehead atoms. The second kappa shape index (κ2) is 16.4. The highest BCUT2D eigenvalue weighted by Crippen LogP contribution is 2.45. The van der Waals surface area contributed by atoms with Crippen molar-refractivity contribution in [2.45, 2.75) is 51.0 Å². The van der Waals surface area contributed by atoms with Gasteiger partial charge in [0, 0.05) is 0 Å². The zero-order chi connectivity index (χ0) is 42.0. The summed E-state index contributed by atoms with van der Waals surface area (Å²) < 4.78 is 0. The highest BCUT2D eigenvalue weighted by Gasteiger charge is 2.46. The van der Waals surface area contributed by atoms with E-state index in [0.717, 1.165) is 43.8 Å². The van der Waals surface area contributed by atoms with Gasteiger partial charge in [0.2, 0.25) is 0 Å². The van der Waals surface area contributed by atoms with Crippen molar-refractivity contribution in [2.24, 2.45) is 0 Å². The Morgan fingerprint density at radius 3 is 0.950 bits per heavy atom. The summed E-state index contributed by atoms with van der Waals surface area (Å²) in [5.74, 6) is -1.96. The number of aryl methyl sites for hydroxylation is 4. The first-order valence-corrected chi connectivity index (χ1v) is 20.3. The zero-order valence-electron chi connectivity index (χ0n) is 34.2. The fourth-order valence-electron chi connectivity index (χ4n) is 8.44. The number of nitrogens with one attached hydrogen (secondary N) is 2. The minimum Gasteiger partial charge on any atom is -0.378 e. The van der Waals surface area contributed by atoms with E-state index in [1.807, 2.05) is 210 Å². The number of benzene rings is 8. The van der Waals surface area contributed by atoms with Gasteiger partial charge >= 0.3 is 11.8 Å². The summed E-state index contributed by atoms with van der Waals surface area (Å²) in [4.78, 5) is 29.8. The largest absolute Gasteiger partial charge is 0.378 e. The lowest BCUT2D eigenvalue weighted by Gasteiger charge is -2.40. The standard InChI is InChI=1S/C54H48N2O4/c1-35-19-27-41(28-20-35)53(59,42-29-21-36(2)22-30-42)49(47-17-9-13-39-11-5-7-15-45(39)47)55-51(57)52(58)56-50(48-18-10-14-40-12-6-8-16-46(40)48)54(60,43-31-23-37(3)24-32-43)44-33-25-38(4)26-34-44/h5-34,49-50,59-60H,1-4H3,(H,55,57)(H,56,58). The van der Waals surface area contributed by atoms with Crippen LogP contribution in [0.25, 0.3) is 21.5 Å². The summed E-state index contributed by atoms with van der Waals surface area (Å²) in [5.41, 5.74) is 3.73.